The van der Waals surface area contributed by atoms with Crippen molar-refractivity contribution in [2.24, 2.45) is 5.92 Å². The number of hydrogen-bond donors (Lipinski definition) is 1. The zero-order valence-corrected chi connectivity index (χ0v) is 15.8. The molecule has 0 unspecified atom stereocenters. The standard InChI is InChI=1S/C19H22FN3O3S/c1-22(17-5-3-2-4-6-17)21-19(24)15-11-13-23(14-12-15)27(25,26)18-9-7-16(20)8-10-18/h2-10,15H,11-14H2,1H3,(H,21,24). The van der Waals surface area contributed by atoms with Crippen molar-refractivity contribution in [3.8, 4) is 0 Å². The van der Waals surface area contributed by atoms with Gasteiger partial charge in [0, 0.05) is 26.1 Å². The zero-order chi connectivity index (χ0) is 19.4. The Bertz CT molecular complexity index is 880. The van der Waals surface area contributed by atoms with Crippen LogP contribution in [0.3, 0.4) is 0 Å². The normalized spacial score (nSPS) is 16.1. The van der Waals surface area contributed by atoms with E-state index in [1.54, 1.807) is 12.1 Å². The summed E-state index contributed by atoms with van der Waals surface area (Å²) in [6.07, 6.45) is 0.879. The molecule has 0 atom stereocenters. The van der Waals surface area contributed by atoms with Crippen LogP contribution in [0.4, 0.5) is 10.1 Å². The minimum absolute atomic E-state index is 0.0654. The number of nitrogens with one attached hydrogen (secondary N) is 1. The first-order chi connectivity index (χ1) is 12.9. The van der Waals surface area contributed by atoms with Gasteiger partial charge in [0.1, 0.15) is 5.82 Å². The first kappa shape index (κ1) is 19.3. The Morgan fingerprint density at radius 2 is 1.67 bits per heavy atom. The van der Waals surface area contributed by atoms with Gasteiger partial charge in [-0.1, -0.05) is 18.2 Å². The molecular weight excluding hydrogens is 369 g/mol. The number of sulfonamides is 1. The van der Waals surface area contributed by atoms with E-state index < -0.39 is 15.8 Å². The predicted molar refractivity (Wildman–Crippen MR) is 101 cm³/mol. The lowest BCUT2D eigenvalue weighted by Crippen LogP contribution is -2.47. The summed E-state index contributed by atoms with van der Waals surface area (Å²) in [5.74, 6) is -0.858. The molecule has 1 heterocycles. The fraction of sp³-hybridized carbons (Fsp3) is 0.316. The van der Waals surface area contributed by atoms with E-state index in [0.29, 0.717) is 12.8 Å². The van der Waals surface area contributed by atoms with Crippen LogP contribution in [0.25, 0.3) is 0 Å². The molecule has 1 saturated heterocycles. The van der Waals surface area contributed by atoms with E-state index in [4.69, 9.17) is 0 Å². The maximum Gasteiger partial charge on any atom is 0.243 e. The lowest BCUT2D eigenvalue weighted by Gasteiger charge is -2.31. The van der Waals surface area contributed by atoms with Crippen molar-refractivity contribution in [3.05, 3.63) is 60.4 Å². The van der Waals surface area contributed by atoms with Gasteiger partial charge in [-0.05, 0) is 49.2 Å². The molecule has 1 aliphatic rings. The van der Waals surface area contributed by atoms with Crippen molar-refractivity contribution in [1.82, 2.24) is 9.73 Å². The molecule has 3 rings (SSSR count). The Hall–Kier alpha value is -2.45. The van der Waals surface area contributed by atoms with Crippen LogP contribution in [0.2, 0.25) is 0 Å². The summed E-state index contributed by atoms with van der Waals surface area (Å²) in [7, 11) is -1.90. The van der Waals surface area contributed by atoms with E-state index in [0.717, 1.165) is 17.8 Å². The van der Waals surface area contributed by atoms with Crippen LogP contribution in [0, 0.1) is 11.7 Å². The maximum absolute atomic E-state index is 13.0. The van der Waals surface area contributed by atoms with Gasteiger partial charge in [0.25, 0.3) is 0 Å². The van der Waals surface area contributed by atoms with Crippen LogP contribution in [-0.4, -0.2) is 38.8 Å². The minimum atomic E-state index is -3.67. The molecule has 0 aromatic heterocycles. The molecule has 2 aromatic carbocycles. The highest BCUT2D eigenvalue weighted by atomic mass is 32.2. The molecule has 2 aromatic rings. The molecule has 1 aliphatic heterocycles. The van der Waals surface area contributed by atoms with Gasteiger partial charge in [-0.15, -0.1) is 0 Å². The summed E-state index contributed by atoms with van der Waals surface area (Å²) in [4.78, 5) is 12.5. The number of piperidine rings is 1. The molecule has 0 aliphatic carbocycles. The summed E-state index contributed by atoms with van der Waals surface area (Å²) in [5.41, 5.74) is 3.71. The maximum atomic E-state index is 13.0. The van der Waals surface area contributed by atoms with Crippen molar-refractivity contribution in [2.75, 3.05) is 25.1 Å². The van der Waals surface area contributed by atoms with Gasteiger partial charge in [0.2, 0.25) is 15.9 Å². The van der Waals surface area contributed by atoms with Gasteiger partial charge in [-0.25, -0.2) is 12.8 Å². The van der Waals surface area contributed by atoms with E-state index in [1.807, 2.05) is 30.3 Å². The Labute approximate surface area is 158 Å². The number of carbonyl (C=O) groups is 1. The van der Waals surface area contributed by atoms with Gasteiger partial charge < -0.3 is 0 Å². The summed E-state index contributed by atoms with van der Waals surface area (Å²) in [6, 6.07) is 14.2. The monoisotopic (exact) mass is 391 g/mol. The molecule has 1 fully saturated rings. The molecule has 27 heavy (non-hydrogen) atoms. The zero-order valence-electron chi connectivity index (χ0n) is 15.0. The summed E-state index contributed by atoms with van der Waals surface area (Å²) >= 11 is 0. The first-order valence-electron chi connectivity index (χ1n) is 8.73. The summed E-state index contributed by atoms with van der Waals surface area (Å²) in [6.45, 7) is 0.514. The Morgan fingerprint density at radius 3 is 2.26 bits per heavy atom. The van der Waals surface area contributed by atoms with E-state index >= 15 is 0 Å². The van der Waals surface area contributed by atoms with Gasteiger partial charge >= 0.3 is 0 Å². The number of nitrogens with zero attached hydrogens (tertiary/aromatic N) is 2. The Kier molecular flexibility index (Phi) is 5.76. The molecule has 8 heteroatoms. The van der Waals surface area contributed by atoms with Crippen LogP contribution < -0.4 is 10.4 Å². The van der Waals surface area contributed by atoms with Crippen molar-refractivity contribution < 1.29 is 17.6 Å². The van der Waals surface area contributed by atoms with E-state index in [-0.39, 0.29) is 29.8 Å². The number of halogens is 1. The highest BCUT2D eigenvalue weighted by Gasteiger charge is 2.32. The Balaban J connectivity index is 1.58. The second-order valence-electron chi connectivity index (χ2n) is 6.50. The van der Waals surface area contributed by atoms with Gasteiger partial charge in [-0.3, -0.25) is 15.2 Å². The third kappa shape index (κ3) is 4.45. The fourth-order valence-corrected chi connectivity index (χ4v) is 4.56. The van der Waals surface area contributed by atoms with Crippen molar-refractivity contribution in [1.29, 1.82) is 0 Å². The third-order valence-electron chi connectivity index (χ3n) is 4.70. The average Bonchev–Trinajstić information content (AvgIpc) is 2.69. The Morgan fingerprint density at radius 1 is 1.07 bits per heavy atom. The molecule has 0 radical (unpaired) electrons. The topological polar surface area (TPSA) is 69.7 Å². The molecule has 0 bridgehead atoms. The summed E-state index contributed by atoms with van der Waals surface area (Å²) in [5, 5.41) is 1.66. The van der Waals surface area contributed by atoms with Gasteiger partial charge in [-0.2, -0.15) is 4.31 Å². The first-order valence-corrected chi connectivity index (χ1v) is 10.2. The van der Waals surface area contributed by atoms with Crippen LogP contribution in [0.15, 0.2) is 59.5 Å². The van der Waals surface area contributed by atoms with Gasteiger partial charge in [0.05, 0.1) is 10.6 Å². The molecular formula is C19H22FN3O3S. The van der Waals surface area contributed by atoms with Crippen molar-refractivity contribution in [2.45, 2.75) is 17.7 Å². The van der Waals surface area contributed by atoms with Crippen molar-refractivity contribution in [3.63, 3.8) is 0 Å². The largest absolute Gasteiger partial charge is 0.289 e. The fourth-order valence-electron chi connectivity index (χ4n) is 3.09. The number of hydrogen-bond acceptors (Lipinski definition) is 4. The SMILES string of the molecule is CN(NC(=O)C1CCN(S(=O)(=O)c2ccc(F)cc2)CC1)c1ccccc1. The number of rotatable bonds is 5. The molecule has 1 amide bonds. The molecule has 0 spiro atoms. The number of hydrazine groups is 1. The number of amides is 1. The van der Waals surface area contributed by atoms with Gasteiger partial charge in [0.15, 0.2) is 0 Å². The van der Waals surface area contributed by atoms with Crippen LogP contribution in [-0.2, 0) is 14.8 Å². The quantitative estimate of drug-likeness (QED) is 0.795. The minimum Gasteiger partial charge on any atom is -0.289 e. The predicted octanol–water partition coefficient (Wildman–Crippen LogP) is 2.39. The average molecular weight is 391 g/mol. The summed E-state index contributed by atoms with van der Waals surface area (Å²) < 4.78 is 39.6. The lowest BCUT2D eigenvalue weighted by atomic mass is 9.97. The smallest absolute Gasteiger partial charge is 0.243 e. The number of benzene rings is 2. The van der Waals surface area contributed by atoms with Crippen molar-refractivity contribution >= 4 is 21.6 Å². The second-order valence-corrected chi connectivity index (χ2v) is 8.44. The van der Waals surface area contributed by atoms with Crippen LogP contribution in [0.1, 0.15) is 12.8 Å². The molecule has 0 saturated carbocycles. The second kappa shape index (κ2) is 8.06. The lowest BCUT2D eigenvalue weighted by molar-refractivity contribution is -0.126. The number of carbonyl (C=O) groups excluding carboxylic acids is 1. The number of para-hydroxylation sites is 1. The van der Waals surface area contributed by atoms with E-state index in [2.05, 4.69) is 5.43 Å². The third-order valence-corrected chi connectivity index (χ3v) is 6.61. The van der Waals surface area contributed by atoms with Crippen LogP contribution in [0.5, 0.6) is 0 Å². The number of anilines is 1. The van der Waals surface area contributed by atoms with E-state index in [9.17, 15) is 17.6 Å². The molecule has 1 N–H and O–H groups in total. The highest BCUT2D eigenvalue weighted by molar-refractivity contribution is 7.89. The molecule has 144 valence electrons. The van der Waals surface area contributed by atoms with E-state index in [1.165, 1.54) is 16.4 Å². The van der Waals surface area contributed by atoms with Crippen LogP contribution >= 0.6 is 0 Å². The molecule has 6 nitrogen and oxygen atoms in total. The highest BCUT2D eigenvalue weighted by Crippen LogP contribution is 2.24.